The summed E-state index contributed by atoms with van der Waals surface area (Å²) in [5.41, 5.74) is 3.47. The Morgan fingerprint density at radius 1 is 0.929 bits per heavy atom. The molecule has 0 amide bonds. The number of hydrogen-bond acceptors (Lipinski definition) is 2. The van der Waals surface area contributed by atoms with Gasteiger partial charge in [-0.2, -0.15) is 0 Å². The summed E-state index contributed by atoms with van der Waals surface area (Å²) in [5, 5.41) is 0. The molecule has 0 radical (unpaired) electrons. The molecule has 1 saturated heterocycles. The second kappa shape index (κ2) is 7.86. The third kappa shape index (κ3) is 4.25. The molecular formula is C25H34O2Si. The first-order chi connectivity index (χ1) is 13.1. The zero-order valence-electron chi connectivity index (χ0n) is 18.1. The second-order valence-electron chi connectivity index (χ2n) is 10.1. The lowest BCUT2D eigenvalue weighted by Crippen LogP contribution is -2.46. The van der Waals surface area contributed by atoms with Crippen LogP contribution in [0.3, 0.4) is 0 Å². The maximum absolute atomic E-state index is 12.6. The molecule has 1 fully saturated rings. The summed E-state index contributed by atoms with van der Waals surface area (Å²) in [6.07, 6.45) is 0.930. The average Bonchev–Trinajstić information content (AvgIpc) is 2.89. The Labute approximate surface area is 171 Å². The van der Waals surface area contributed by atoms with Crippen molar-refractivity contribution in [2.75, 3.05) is 0 Å². The number of carbonyl (C=O) groups is 1. The molecule has 2 aromatic rings. The fourth-order valence-corrected chi connectivity index (χ4v) is 10.3. The zero-order valence-corrected chi connectivity index (χ0v) is 19.1. The van der Waals surface area contributed by atoms with Crippen LogP contribution in [0.5, 0.6) is 0 Å². The lowest BCUT2D eigenvalue weighted by atomic mass is 9.87. The maximum atomic E-state index is 12.6. The Morgan fingerprint density at radius 2 is 1.39 bits per heavy atom. The molecule has 0 aliphatic carbocycles. The quantitative estimate of drug-likeness (QED) is 0.431. The van der Waals surface area contributed by atoms with Gasteiger partial charge in [0.1, 0.15) is 6.10 Å². The van der Waals surface area contributed by atoms with E-state index in [2.05, 4.69) is 101 Å². The van der Waals surface area contributed by atoms with Crippen LogP contribution in [0.15, 0.2) is 60.7 Å². The van der Waals surface area contributed by atoms with E-state index in [0.717, 1.165) is 6.42 Å². The highest BCUT2D eigenvalue weighted by Gasteiger charge is 2.54. The molecule has 1 heterocycles. The molecule has 2 aromatic carbocycles. The van der Waals surface area contributed by atoms with E-state index in [1.807, 2.05) is 0 Å². The van der Waals surface area contributed by atoms with Crippen LogP contribution in [0.2, 0.25) is 18.6 Å². The van der Waals surface area contributed by atoms with Crippen LogP contribution in [-0.2, 0) is 9.53 Å². The van der Waals surface area contributed by atoms with Gasteiger partial charge in [-0.25, -0.2) is 0 Å². The molecule has 0 saturated carbocycles. The summed E-state index contributed by atoms with van der Waals surface area (Å²) >= 11 is 0. The molecule has 3 heteroatoms. The molecule has 1 aliphatic rings. The Morgan fingerprint density at radius 3 is 1.82 bits per heavy atom. The van der Waals surface area contributed by atoms with Gasteiger partial charge in [0.15, 0.2) is 0 Å². The second-order valence-corrected chi connectivity index (χ2v) is 15.0. The SMILES string of the molecule is C[C@@H]1C(=O)O[C@@H](CC(C)(C)C)[C@@H]1[Si](C)(C)C(c1ccccc1)c1ccccc1. The Bertz CT molecular complexity index is 753. The number of cyclic esters (lactones) is 1. The summed E-state index contributed by atoms with van der Waals surface area (Å²) in [4.78, 5) is 12.6. The van der Waals surface area contributed by atoms with Gasteiger partial charge in [0.2, 0.25) is 0 Å². The van der Waals surface area contributed by atoms with Crippen LogP contribution in [0, 0.1) is 11.3 Å². The van der Waals surface area contributed by atoms with Crippen LogP contribution in [0.4, 0.5) is 0 Å². The molecule has 2 nitrogen and oxygen atoms in total. The molecule has 1 aliphatic heterocycles. The van der Waals surface area contributed by atoms with Crippen molar-refractivity contribution in [1.82, 2.24) is 0 Å². The Balaban J connectivity index is 2.08. The van der Waals surface area contributed by atoms with Crippen molar-refractivity contribution in [1.29, 1.82) is 0 Å². The molecular weight excluding hydrogens is 360 g/mol. The minimum Gasteiger partial charge on any atom is -0.462 e. The third-order valence-electron chi connectivity index (χ3n) is 6.26. The minimum absolute atomic E-state index is 0.0130. The highest BCUT2D eigenvalue weighted by Crippen LogP contribution is 2.51. The van der Waals surface area contributed by atoms with E-state index in [9.17, 15) is 4.79 Å². The zero-order chi connectivity index (χ0) is 20.5. The first-order valence-corrected chi connectivity index (χ1v) is 13.6. The molecule has 0 unspecified atom stereocenters. The van der Waals surface area contributed by atoms with E-state index < -0.39 is 8.07 Å². The van der Waals surface area contributed by atoms with Crippen LogP contribution in [0.1, 0.15) is 50.8 Å². The fraction of sp³-hybridized carbons (Fsp3) is 0.480. The van der Waals surface area contributed by atoms with Crippen LogP contribution >= 0.6 is 0 Å². The molecule has 0 N–H and O–H groups in total. The van der Waals surface area contributed by atoms with Gasteiger partial charge in [-0.3, -0.25) is 4.79 Å². The van der Waals surface area contributed by atoms with Crippen LogP contribution in [0.25, 0.3) is 0 Å². The molecule has 0 bridgehead atoms. The lowest BCUT2D eigenvalue weighted by Gasteiger charge is -2.42. The molecule has 150 valence electrons. The average molecular weight is 395 g/mol. The van der Waals surface area contributed by atoms with E-state index >= 15 is 0 Å². The van der Waals surface area contributed by atoms with Crippen molar-refractivity contribution >= 4 is 14.0 Å². The number of rotatable bonds is 5. The normalized spacial score (nSPS) is 23.1. The van der Waals surface area contributed by atoms with Crippen molar-refractivity contribution in [2.45, 2.75) is 64.4 Å². The van der Waals surface area contributed by atoms with E-state index in [4.69, 9.17) is 4.74 Å². The van der Waals surface area contributed by atoms with Crippen LogP contribution < -0.4 is 0 Å². The topological polar surface area (TPSA) is 26.3 Å². The van der Waals surface area contributed by atoms with Gasteiger partial charge in [-0.15, -0.1) is 0 Å². The number of carbonyl (C=O) groups excluding carboxylic acids is 1. The van der Waals surface area contributed by atoms with E-state index in [-0.39, 0.29) is 23.4 Å². The highest BCUT2D eigenvalue weighted by atomic mass is 28.3. The predicted octanol–water partition coefficient (Wildman–Crippen LogP) is 6.43. The number of hydrogen-bond donors (Lipinski definition) is 0. The van der Waals surface area contributed by atoms with Gasteiger partial charge in [0, 0.05) is 11.1 Å². The van der Waals surface area contributed by atoms with Gasteiger partial charge in [0.25, 0.3) is 0 Å². The number of ether oxygens (including phenoxy) is 1. The summed E-state index contributed by atoms with van der Waals surface area (Å²) < 4.78 is 5.97. The van der Waals surface area contributed by atoms with Gasteiger partial charge < -0.3 is 4.74 Å². The van der Waals surface area contributed by atoms with Gasteiger partial charge in [-0.1, -0.05) is 101 Å². The monoisotopic (exact) mass is 394 g/mol. The predicted molar refractivity (Wildman–Crippen MR) is 119 cm³/mol. The van der Waals surface area contributed by atoms with E-state index in [1.54, 1.807) is 0 Å². The van der Waals surface area contributed by atoms with E-state index in [0.29, 0.717) is 11.1 Å². The first kappa shape index (κ1) is 20.9. The number of benzene rings is 2. The summed E-state index contributed by atoms with van der Waals surface area (Å²) in [6, 6.07) is 21.6. The lowest BCUT2D eigenvalue weighted by molar-refractivity contribution is -0.144. The highest BCUT2D eigenvalue weighted by molar-refractivity contribution is 6.81. The molecule has 3 rings (SSSR count). The molecule has 0 spiro atoms. The van der Waals surface area contributed by atoms with Crippen molar-refractivity contribution in [2.24, 2.45) is 11.3 Å². The summed E-state index contributed by atoms with van der Waals surface area (Å²) in [5.74, 6) is -0.0522. The van der Waals surface area contributed by atoms with Crippen molar-refractivity contribution in [3.8, 4) is 0 Å². The van der Waals surface area contributed by atoms with Crippen LogP contribution in [-0.4, -0.2) is 20.1 Å². The van der Waals surface area contributed by atoms with Gasteiger partial charge in [0.05, 0.1) is 14.0 Å². The van der Waals surface area contributed by atoms with E-state index in [1.165, 1.54) is 11.1 Å². The van der Waals surface area contributed by atoms with Crippen molar-refractivity contribution in [3.05, 3.63) is 71.8 Å². The molecule has 28 heavy (non-hydrogen) atoms. The minimum atomic E-state index is -1.99. The third-order valence-corrected chi connectivity index (χ3v) is 11.0. The Kier molecular flexibility index (Phi) is 5.86. The number of esters is 1. The van der Waals surface area contributed by atoms with Gasteiger partial charge in [-0.05, 0) is 23.0 Å². The van der Waals surface area contributed by atoms with Crippen molar-refractivity contribution < 1.29 is 9.53 Å². The Hall–Kier alpha value is -1.87. The fourth-order valence-electron chi connectivity index (χ4n) is 5.23. The maximum Gasteiger partial charge on any atom is 0.309 e. The first-order valence-electron chi connectivity index (χ1n) is 10.4. The standard InChI is InChI=1S/C25H34O2Si/c1-18-22(21(27-24(18)26)17-25(2,3)4)28(5,6)23(19-13-9-7-10-14-19)20-15-11-8-12-16-20/h7-16,18,21-23H,17H2,1-6H3/t18-,21-,22+/m0/s1. The molecule has 0 aromatic heterocycles. The van der Waals surface area contributed by atoms with Crippen molar-refractivity contribution in [3.63, 3.8) is 0 Å². The smallest absolute Gasteiger partial charge is 0.309 e. The summed E-state index contributed by atoms with van der Waals surface area (Å²) in [7, 11) is -1.99. The molecule has 3 atom stereocenters. The van der Waals surface area contributed by atoms with Gasteiger partial charge >= 0.3 is 5.97 Å². The summed E-state index contributed by atoms with van der Waals surface area (Å²) in [6.45, 7) is 13.7. The largest absolute Gasteiger partial charge is 0.462 e.